The highest BCUT2D eigenvalue weighted by atomic mass is 16.5. The Morgan fingerprint density at radius 2 is 1.87 bits per heavy atom. The van der Waals surface area contributed by atoms with Gasteiger partial charge in [-0.05, 0) is 36.5 Å². The predicted octanol–water partition coefficient (Wildman–Crippen LogP) is 5.59. The van der Waals surface area contributed by atoms with E-state index in [9.17, 15) is 9.59 Å². The van der Waals surface area contributed by atoms with Crippen molar-refractivity contribution in [2.75, 3.05) is 14.2 Å². The topological polar surface area (TPSA) is 81.8 Å². The maximum absolute atomic E-state index is 12.8. The summed E-state index contributed by atoms with van der Waals surface area (Å²) in [7, 11) is 3.05. The highest BCUT2D eigenvalue weighted by Crippen LogP contribution is 2.22. The van der Waals surface area contributed by atoms with Crippen molar-refractivity contribution in [1.29, 1.82) is 0 Å². The van der Waals surface area contributed by atoms with Gasteiger partial charge in [-0.15, -0.1) is 0 Å². The minimum atomic E-state index is -0.294. The lowest BCUT2D eigenvalue weighted by Crippen LogP contribution is -2.06. The highest BCUT2D eigenvalue weighted by Gasteiger charge is 2.13. The third kappa shape index (κ3) is 9.21. The minimum Gasteiger partial charge on any atom is -0.469 e. The van der Waals surface area contributed by atoms with Crippen LogP contribution in [0.2, 0.25) is 0 Å². The number of nitrogens with zero attached hydrogens (tertiary/aromatic N) is 1. The Balaban J connectivity index is 2.96. The average molecular weight is 413 g/mol. The molecule has 164 valence electrons. The number of ketones is 1. The number of hydrogen-bond donors (Lipinski definition) is 1. The monoisotopic (exact) mass is 412 g/mol. The Morgan fingerprint density at radius 1 is 1.10 bits per heavy atom. The summed E-state index contributed by atoms with van der Waals surface area (Å²) in [5.41, 5.74) is 8.99. The first kappa shape index (κ1) is 25.3. The van der Waals surface area contributed by atoms with Crippen molar-refractivity contribution in [2.45, 2.75) is 64.7 Å². The summed E-state index contributed by atoms with van der Waals surface area (Å²) >= 11 is 0. The van der Waals surface area contributed by atoms with Gasteiger partial charge in [0.25, 0.3) is 0 Å². The number of rotatable bonds is 14. The molecule has 1 aromatic carbocycles. The van der Waals surface area contributed by atoms with Gasteiger partial charge in [0, 0.05) is 43.4 Å². The Morgan fingerprint density at radius 3 is 2.53 bits per heavy atom. The lowest BCUT2D eigenvalue weighted by Gasteiger charge is -2.09. The summed E-state index contributed by atoms with van der Waals surface area (Å²) in [6.45, 7) is 2.21. The molecule has 0 amide bonds. The van der Waals surface area contributed by atoms with E-state index in [1.54, 1.807) is 13.3 Å². The molecule has 5 nitrogen and oxygen atoms in total. The fourth-order valence-corrected chi connectivity index (χ4v) is 3.19. The van der Waals surface area contributed by atoms with Gasteiger partial charge in [0.05, 0.1) is 7.11 Å². The van der Waals surface area contributed by atoms with Gasteiger partial charge >= 0.3 is 5.97 Å². The van der Waals surface area contributed by atoms with Gasteiger partial charge in [0.15, 0.2) is 5.78 Å². The van der Waals surface area contributed by atoms with E-state index in [4.69, 9.17) is 5.73 Å². The summed E-state index contributed by atoms with van der Waals surface area (Å²) < 4.78 is 4.65. The molecule has 0 bridgehead atoms. The molecule has 0 spiro atoms. The van der Waals surface area contributed by atoms with Crippen molar-refractivity contribution < 1.29 is 14.3 Å². The molecular formula is C25H36N2O3. The number of Topliss-reactive ketones (excluding diaryl/α,β-unsaturated/α-hetero) is 1. The molecule has 0 unspecified atom stereocenters. The zero-order valence-corrected chi connectivity index (χ0v) is 18.7. The molecule has 0 fully saturated rings. The normalized spacial score (nSPS) is 12.0. The molecule has 0 radical (unpaired) electrons. The summed E-state index contributed by atoms with van der Waals surface area (Å²) in [5.74, 6) is -0.270. The molecule has 0 aliphatic carbocycles. The number of unbranched alkanes of at least 4 members (excludes halogenated alkanes) is 5. The fraction of sp³-hybridized carbons (Fsp3) is 0.480. The maximum Gasteiger partial charge on any atom is 0.305 e. The van der Waals surface area contributed by atoms with E-state index in [1.165, 1.54) is 39.0 Å². The van der Waals surface area contributed by atoms with Crippen LogP contribution in [0.15, 0.2) is 35.5 Å². The second kappa shape index (κ2) is 15.2. The SMILES string of the molecule is CCCCCCC/C=C/c1cc(/C(C=NC)=C/N)ccc1C(=O)CCCC(=O)OC. The smallest absolute Gasteiger partial charge is 0.305 e. The number of aliphatic imine (C=N–C) groups is 1. The van der Waals surface area contributed by atoms with Gasteiger partial charge in [-0.1, -0.05) is 56.9 Å². The van der Waals surface area contributed by atoms with Gasteiger partial charge in [-0.25, -0.2) is 0 Å². The Hall–Kier alpha value is -2.69. The van der Waals surface area contributed by atoms with Crippen LogP contribution in [-0.2, 0) is 9.53 Å². The van der Waals surface area contributed by atoms with E-state index < -0.39 is 0 Å². The molecule has 0 aliphatic rings. The fourth-order valence-electron chi connectivity index (χ4n) is 3.19. The molecule has 1 rings (SSSR count). The second-order valence-corrected chi connectivity index (χ2v) is 7.27. The molecule has 1 aromatic rings. The van der Waals surface area contributed by atoms with Crippen LogP contribution in [0, 0.1) is 0 Å². The number of methoxy groups -OCH3 is 1. The second-order valence-electron chi connectivity index (χ2n) is 7.27. The number of carbonyl (C=O) groups is 2. The molecule has 0 aromatic heterocycles. The van der Waals surface area contributed by atoms with Gasteiger partial charge in [-0.3, -0.25) is 14.6 Å². The number of carbonyl (C=O) groups excluding carboxylic acids is 2. The quantitative estimate of drug-likeness (QED) is 0.187. The number of hydrogen-bond acceptors (Lipinski definition) is 5. The average Bonchev–Trinajstić information content (AvgIpc) is 2.76. The molecule has 0 saturated heterocycles. The van der Waals surface area contributed by atoms with Crippen molar-refractivity contribution in [1.82, 2.24) is 0 Å². The predicted molar refractivity (Wildman–Crippen MR) is 126 cm³/mol. The lowest BCUT2D eigenvalue weighted by atomic mass is 9.95. The van der Waals surface area contributed by atoms with Crippen LogP contribution in [0.1, 0.15) is 86.2 Å². The van der Waals surface area contributed by atoms with Gasteiger partial charge in [-0.2, -0.15) is 0 Å². The van der Waals surface area contributed by atoms with Crippen molar-refractivity contribution in [3.05, 3.63) is 47.2 Å². The Bertz CT molecular complexity index is 764. The van der Waals surface area contributed by atoms with Crippen LogP contribution in [0.5, 0.6) is 0 Å². The third-order valence-electron chi connectivity index (χ3n) is 4.92. The number of esters is 1. The lowest BCUT2D eigenvalue weighted by molar-refractivity contribution is -0.140. The largest absolute Gasteiger partial charge is 0.469 e. The van der Waals surface area contributed by atoms with Gasteiger partial charge in [0.2, 0.25) is 0 Å². The van der Waals surface area contributed by atoms with E-state index in [1.807, 2.05) is 24.3 Å². The Labute approximate surface area is 181 Å². The first-order chi connectivity index (χ1) is 14.6. The number of benzene rings is 1. The van der Waals surface area contributed by atoms with Crippen molar-refractivity contribution >= 4 is 29.6 Å². The van der Waals surface area contributed by atoms with Crippen molar-refractivity contribution in [3.63, 3.8) is 0 Å². The zero-order valence-electron chi connectivity index (χ0n) is 18.7. The molecule has 0 saturated carbocycles. The number of ether oxygens (including phenoxy) is 1. The minimum absolute atomic E-state index is 0.0236. The molecular weight excluding hydrogens is 376 g/mol. The summed E-state index contributed by atoms with van der Waals surface area (Å²) in [6.07, 6.45) is 15.6. The first-order valence-electron chi connectivity index (χ1n) is 10.8. The van der Waals surface area contributed by atoms with Gasteiger partial charge < -0.3 is 10.5 Å². The van der Waals surface area contributed by atoms with Crippen LogP contribution >= 0.6 is 0 Å². The van der Waals surface area contributed by atoms with Crippen LogP contribution in [0.25, 0.3) is 11.6 Å². The van der Waals surface area contributed by atoms with Crippen LogP contribution in [0.3, 0.4) is 0 Å². The molecule has 2 N–H and O–H groups in total. The number of nitrogens with two attached hydrogens (primary N) is 1. The van der Waals surface area contributed by atoms with Crippen LogP contribution in [-0.4, -0.2) is 32.1 Å². The van der Waals surface area contributed by atoms with Crippen LogP contribution in [0.4, 0.5) is 0 Å². The van der Waals surface area contributed by atoms with Gasteiger partial charge in [0.1, 0.15) is 0 Å². The van der Waals surface area contributed by atoms with Crippen molar-refractivity contribution in [2.24, 2.45) is 10.7 Å². The van der Waals surface area contributed by atoms with E-state index in [2.05, 4.69) is 22.7 Å². The summed E-state index contributed by atoms with van der Waals surface area (Å²) in [5, 5.41) is 0. The highest BCUT2D eigenvalue weighted by molar-refractivity contribution is 6.10. The van der Waals surface area contributed by atoms with Crippen molar-refractivity contribution in [3.8, 4) is 0 Å². The molecule has 0 heterocycles. The summed E-state index contributed by atoms with van der Waals surface area (Å²) in [4.78, 5) is 28.1. The molecule has 5 heteroatoms. The molecule has 0 atom stereocenters. The van der Waals surface area contributed by atoms with E-state index >= 15 is 0 Å². The number of allylic oxidation sites excluding steroid dienone is 2. The Kier molecular flexibility index (Phi) is 12.8. The maximum atomic E-state index is 12.8. The van der Waals surface area contributed by atoms with E-state index in [-0.39, 0.29) is 18.2 Å². The standard InChI is InChI=1S/C25H36N2O3/c1-4-5-6-7-8-9-10-12-21-17-20(22(18-26)19-27-2)15-16-23(21)24(28)13-11-14-25(29)30-3/h10,12,15-19H,4-9,11,13-14,26H2,1-3H3/b12-10+,22-18+,27-19?. The zero-order chi connectivity index (χ0) is 22.2. The molecule has 0 aliphatic heterocycles. The first-order valence-corrected chi connectivity index (χ1v) is 10.8. The van der Waals surface area contributed by atoms with E-state index in [0.717, 1.165) is 29.5 Å². The third-order valence-corrected chi connectivity index (χ3v) is 4.92. The van der Waals surface area contributed by atoms with Crippen LogP contribution < -0.4 is 5.73 Å². The molecule has 30 heavy (non-hydrogen) atoms. The van der Waals surface area contributed by atoms with E-state index in [0.29, 0.717) is 18.4 Å². The summed E-state index contributed by atoms with van der Waals surface area (Å²) in [6, 6.07) is 5.70.